The number of piperidine rings is 1. The molecule has 2 heterocycles. The molecule has 1 N–H and O–H groups in total. The molecule has 0 saturated carbocycles. The van der Waals surface area contributed by atoms with Crippen LogP contribution in [0.4, 0.5) is 25.0 Å². The highest BCUT2D eigenvalue weighted by molar-refractivity contribution is 6.03. The molecule has 2 amide bonds. The second-order valence-electron chi connectivity index (χ2n) is 9.39. The van der Waals surface area contributed by atoms with Gasteiger partial charge in [0.05, 0.1) is 24.4 Å². The van der Waals surface area contributed by atoms with Crippen LogP contribution in [0.15, 0.2) is 60.7 Å². The molecule has 0 radical (unpaired) electrons. The van der Waals surface area contributed by atoms with Crippen LogP contribution in [0.2, 0.25) is 0 Å². The highest BCUT2D eigenvalue weighted by Crippen LogP contribution is 2.48. The smallest absolute Gasteiger partial charge is 0.326 e. The number of likely N-dealkylation sites (tertiary alicyclic amines) is 1. The summed E-state index contributed by atoms with van der Waals surface area (Å²) in [7, 11) is 1.62. The molecule has 3 aromatic rings. The van der Waals surface area contributed by atoms with E-state index in [0.29, 0.717) is 12.1 Å². The number of methoxy groups -OCH3 is 1. The molecule has 1 saturated heterocycles. The summed E-state index contributed by atoms with van der Waals surface area (Å²) in [4.78, 5) is 17.3. The van der Waals surface area contributed by atoms with E-state index in [2.05, 4.69) is 16.3 Å². The largest absolute Gasteiger partial charge is 0.497 e. The third-order valence-corrected chi connectivity index (χ3v) is 7.25. The van der Waals surface area contributed by atoms with Crippen LogP contribution in [-0.2, 0) is 12.0 Å². The quantitative estimate of drug-likeness (QED) is 0.532. The summed E-state index contributed by atoms with van der Waals surface area (Å²) in [5.74, 6) is -0.792. The zero-order chi connectivity index (χ0) is 25.3. The average Bonchev–Trinajstić information content (AvgIpc) is 3.21. The number of halogens is 2. The Labute approximate surface area is 208 Å². The highest BCUT2D eigenvalue weighted by Gasteiger charge is 2.46. The summed E-state index contributed by atoms with van der Waals surface area (Å²) < 4.78 is 33.0. The minimum atomic E-state index is -0.816. The first kappa shape index (κ1) is 23.8. The van der Waals surface area contributed by atoms with Gasteiger partial charge in [-0.3, -0.25) is 9.80 Å². The van der Waals surface area contributed by atoms with Crippen molar-refractivity contribution in [1.82, 2.24) is 4.90 Å². The third-order valence-electron chi connectivity index (χ3n) is 7.25. The van der Waals surface area contributed by atoms with E-state index in [1.165, 1.54) is 6.07 Å². The molecule has 0 bridgehead atoms. The van der Waals surface area contributed by atoms with Crippen molar-refractivity contribution in [3.8, 4) is 11.8 Å². The van der Waals surface area contributed by atoms with Gasteiger partial charge in [-0.25, -0.2) is 13.6 Å². The molecule has 0 aliphatic carbocycles. The standard InChI is InChI=1S/C28H26F2N4O2/c1-36-22-7-9-26-23(15-22)28(18-34(26)27(35)32-25-8-6-21(29)14-24(25)30)10-12-33(13-11-28)17-20-4-2-19(16-31)3-5-20/h2-9,14-15H,10-13,17-18H2,1H3,(H,32,35). The molecule has 2 aliphatic heterocycles. The van der Waals surface area contributed by atoms with Crippen LogP contribution >= 0.6 is 0 Å². The topological polar surface area (TPSA) is 68.6 Å². The van der Waals surface area contributed by atoms with Gasteiger partial charge in [0.2, 0.25) is 0 Å². The van der Waals surface area contributed by atoms with Gasteiger partial charge in [-0.15, -0.1) is 0 Å². The predicted molar refractivity (Wildman–Crippen MR) is 133 cm³/mol. The Morgan fingerprint density at radius 1 is 1.08 bits per heavy atom. The minimum Gasteiger partial charge on any atom is -0.497 e. The van der Waals surface area contributed by atoms with Gasteiger partial charge < -0.3 is 10.1 Å². The second-order valence-corrected chi connectivity index (χ2v) is 9.39. The number of carbonyl (C=O) groups is 1. The van der Waals surface area contributed by atoms with E-state index < -0.39 is 17.7 Å². The molecule has 0 atom stereocenters. The van der Waals surface area contributed by atoms with Crippen LogP contribution in [0.1, 0.15) is 29.5 Å². The summed E-state index contributed by atoms with van der Waals surface area (Å²) >= 11 is 0. The number of nitriles is 1. The molecular formula is C28H26F2N4O2. The molecular weight excluding hydrogens is 462 g/mol. The monoisotopic (exact) mass is 488 g/mol. The Balaban J connectivity index is 1.35. The van der Waals surface area contributed by atoms with Gasteiger partial charge in [0, 0.05) is 30.3 Å². The highest BCUT2D eigenvalue weighted by atomic mass is 19.1. The predicted octanol–water partition coefficient (Wildman–Crippen LogP) is 5.43. The van der Waals surface area contributed by atoms with E-state index in [0.717, 1.165) is 67.2 Å². The molecule has 0 aromatic heterocycles. The van der Waals surface area contributed by atoms with Crippen molar-refractivity contribution >= 4 is 17.4 Å². The van der Waals surface area contributed by atoms with Gasteiger partial charge in [-0.05, 0) is 79.5 Å². The van der Waals surface area contributed by atoms with Gasteiger partial charge in [0.1, 0.15) is 17.4 Å². The van der Waals surface area contributed by atoms with Crippen molar-refractivity contribution in [3.05, 3.63) is 89.0 Å². The van der Waals surface area contributed by atoms with E-state index in [-0.39, 0.29) is 11.1 Å². The molecule has 184 valence electrons. The molecule has 36 heavy (non-hydrogen) atoms. The van der Waals surface area contributed by atoms with Crippen LogP contribution in [0.25, 0.3) is 0 Å². The Bertz CT molecular complexity index is 1330. The van der Waals surface area contributed by atoms with E-state index >= 15 is 0 Å². The molecule has 1 fully saturated rings. The number of benzene rings is 3. The Morgan fingerprint density at radius 2 is 1.83 bits per heavy atom. The first-order valence-corrected chi connectivity index (χ1v) is 11.8. The summed E-state index contributed by atoms with van der Waals surface area (Å²) in [5.41, 5.74) is 3.32. The van der Waals surface area contributed by atoms with Crippen LogP contribution < -0.4 is 15.0 Å². The molecule has 0 unspecified atom stereocenters. The van der Waals surface area contributed by atoms with Gasteiger partial charge >= 0.3 is 6.03 Å². The van der Waals surface area contributed by atoms with E-state index in [4.69, 9.17) is 10.00 Å². The zero-order valence-electron chi connectivity index (χ0n) is 19.9. The Hall–Kier alpha value is -3.96. The number of rotatable bonds is 4. The number of fused-ring (bicyclic) bond motifs is 2. The summed E-state index contributed by atoms with van der Waals surface area (Å²) in [6.07, 6.45) is 1.69. The van der Waals surface area contributed by atoms with E-state index in [1.54, 1.807) is 12.0 Å². The lowest BCUT2D eigenvalue weighted by molar-refractivity contribution is 0.160. The number of nitrogens with one attached hydrogen (secondary N) is 1. The summed E-state index contributed by atoms with van der Waals surface area (Å²) in [6.45, 7) is 2.95. The average molecular weight is 489 g/mol. The van der Waals surface area contributed by atoms with Crippen molar-refractivity contribution in [2.45, 2.75) is 24.8 Å². The lowest BCUT2D eigenvalue weighted by atomic mass is 9.74. The van der Waals surface area contributed by atoms with Crippen LogP contribution in [-0.4, -0.2) is 37.7 Å². The fourth-order valence-corrected chi connectivity index (χ4v) is 5.24. The minimum absolute atomic E-state index is 0.0605. The van der Waals surface area contributed by atoms with Crippen molar-refractivity contribution in [3.63, 3.8) is 0 Å². The van der Waals surface area contributed by atoms with Gasteiger partial charge in [-0.1, -0.05) is 12.1 Å². The molecule has 1 spiro atoms. The fourth-order valence-electron chi connectivity index (χ4n) is 5.24. The second kappa shape index (κ2) is 9.59. The number of carbonyl (C=O) groups excluding carboxylic acids is 1. The summed E-state index contributed by atoms with van der Waals surface area (Å²) in [5, 5.41) is 11.6. The van der Waals surface area contributed by atoms with Crippen molar-refractivity contribution in [1.29, 1.82) is 5.26 Å². The zero-order valence-corrected chi connectivity index (χ0v) is 19.9. The first-order chi connectivity index (χ1) is 17.4. The number of anilines is 2. The number of hydrogen-bond acceptors (Lipinski definition) is 4. The lowest BCUT2D eigenvalue weighted by Crippen LogP contribution is -2.46. The maximum Gasteiger partial charge on any atom is 0.326 e. The molecule has 8 heteroatoms. The Morgan fingerprint density at radius 3 is 2.50 bits per heavy atom. The van der Waals surface area contributed by atoms with Gasteiger partial charge in [0.25, 0.3) is 0 Å². The number of hydrogen-bond donors (Lipinski definition) is 1. The SMILES string of the molecule is COc1ccc2c(c1)C1(CCN(Cc3ccc(C#N)cc3)CC1)CN2C(=O)Nc1ccc(F)cc1F. The van der Waals surface area contributed by atoms with Gasteiger partial charge in [-0.2, -0.15) is 5.26 Å². The van der Waals surface area contributed by atoms with Crippen LogP contribution in [0, 0.1) is 23.0 Å². The van der Waals surface area contributed by atoms with Crippen molar-refractivity contribution < 1.29 is 18.3 Å². The van der Waals surface area contributed by atoms with Gasteiger partial charge in [0.15, 0.2) is 0 Å². The maximum absolute atomic E-state index is 14.2. The lowest BCUT2D eigenvalue weighted by Gasteiger charge is -2.40. The van der Waals surface area contributed by atoms with Crippen molar-refractivity contribution in [2.75, 3.05) is 37.0 Å². The molecule has 6 nitrogen and oxygen atoms in total. The number of urea groups is 1. The van der Waals surface area contributed by atoms with E-state index in [1.807, 2.05) is 42.5 Å². The summed E-state index contributed by atoms with van der Waals surface area (Å²) in [6, 6.07) is 18.1. The molecule has 5 rings (SSSR count). The van der Waals surface area contributed by atoms with Crippen LogP contribution in [0.5, 0.6) is 5.75 Å². The Kier molecular flexibility index (Phi) is 6.33. The van der Waals surface area contributed by atoms with E-state index in [9.17, 15) is 13.6 Å². The number of ether oxygens (including phenoxy) is 1. The molecule has 3 aromatic carbocycles. The normalized spacial score (nSPS) is 16.4. The van der Waals surface area contributed by atoms with Crippen LogP contribution in [0.3, 0.4) is 0 Å². The fraction of sp³-hybridized carbons (Fsp3) is 0.286. The molecule has 2 aliphatic rings. The third kappa shape index (κ3) is 4.50. The number of nitrogens with zero attached hydrogens (tertiary/aromatic N) is 3. The van der Waals surface area contributed by atoms with Crippen molar-refractivity contribution in [2.24, 2.45) is 0 Å². The maximum atomic E-state index is 14.2. The first-order valence-electron chi connectivity index (χ1n) is 11.8. The number of amides is 2.